The number of hydrogen-bond donors (Lipinski definition) is 0. The number of nitrogens with zero attached hydrogens (tertiary/aromatic N) is 1. The van der Waals surface area contributed by atoms with Gasteiger partial charge in [-0.05, 0) is 24.6 Å². The van der Waals surface area contributed by atoms with E-state index in [2.05, 4.69) is 20.8 Å². The molecule has 0 atom stereocenters. The molecular weight excluding hydrogens is 217 g/mol. The van der Waals surface area contributed by atoms with Crippen LogP contribution in [0.3, 0.4) is 0 Å². The van der Waals surface area contributed by atoms with Gasteiger partial charge in [0.05, 0.1) is 12.1 Å². The Balaban J connectivity index is 2.64. The molecular formula is C14H20FNO. The number of halogens is 1. The first kappa shape index (κ1) is 13.8. The van der Waals surface area contributed by atoms with Gasteiger partial charge in [-0.15, -0.1) is 0 Å². The number of carbonyl (C=O) groups is 1. The summed E-state index contributed by atoms with van der Waals surface area (Å²) in [6.07, 6.45) is 0. The van der Waals surface area contributed by atoms with E-state index in [1.54, 1.807) is 12.1 Å². The SMILES string of the molecule is CN(CC(=O)c1ccccc1F)CC(C)(C)C. The molecule has 0 spiro atoms. The summed E-state index contributed by atoms with van der Waals surface area (Å²) in [5.41, 5.74) is 0.304. The normalized spacial score (nSPS) is 11.9. The van der Waals surface area contributed by atoms with Gasteiger partial charge in [0.25, 0.3) is 0 Å². The van der Waals surface area contributed by atoms with E-state index in [9.17, 15) is 9.18 Å². The van der Waals surface area contributed by atoms with E-state index in [1.807, 2.05) is 11.9 Å². The standard InChI is InChI=1S/C14H20FNO/c1-14(2,3)10-16(4)9-13(17)11-7-5-6-8-12(11)15/h5-8H,9-10H2,1-4H3. The molecule has 0 aliphatic heterocycles. The molecule has 0 saturated heterocycles. The summed E-state index contributed by atoms with van der Waals surface area (Å²) in [5.74, 6) is -0.614. The van der Waals surface area contributed by atoms with Gasteiger partial charge < -0.3 is 0 Å². The molecule has 0 bridgehead atoms. The minimum atomic E-state index is -0.443. The lowest BCUT2D eigenvalue weighted by molar-refractivity contribution is 0.0923. The minimum absolute atomic E-state index is 0.129. The van der Waals surface area contributed by atoms with Crippen LogP contribution >= 0.6 is 0 Å². The van der Waals surface area contributed by atoms with Crippen LogP contribution in [0, 0.1) is 11.2 Å². The molecule has 1 aromatic rings. The Hall–Kier alpha value is -1.22. The van der Waals surface area contributed by atoms with Crippen LogP contribution in [0.4, 0.5) is 4.39 Å². The predicted molar refractivity (Wildman–Crippen MR) is 67.7 cm³/mol. The molecule has 0 saturated carbocycles. The molecule has 0 aliphatic rings. The molecule has 0 fully saturated rings. The van der Waals surface area contributed by atoms with Crippen molar-refractivity contribution < 1.29 is 9.18 Å². The number of rotatable bonds is 4. The molecule has 0 aromatic heterocycles. The Morgan fingerprint density at radius 3 is 2.41 bits per heavy atom. The van der Waals surface area contributed by atoms with Crippen molar-refractivity contribution in [2.75, 3.05) is 20.1 Å². The number of hydrogen-bond acceptors (Lipinski definition) is 2. The lowest BCUT2D eigenvalue weighted by Crippen LogP contribution is -2.33. The summed E-state index contributed by atoms with van der Waals surface area (Å²) in [4.78, 5) is 13.8. The number of ketones is 1. The molecule has 0 radical (unpaired) electrons. The van der Waals surface area contributed by atoms with Crippen molar-refractivity contribution in [2.45, 2.75) is 20.8 Å². The highest BCUT2D eigenvalue weighted by Gasteiger charge is 2.17. The first-order valence-electron chi connectivity index (χ1n) is 5.76. The molecule has 0 N–H and O–H groups in total. The second kappa shape index (κ2) is 5.41. The zero-order valence-electron chi connectivity index (χ0n) is 11.0. The van der Waals surface area contributed by atoms with E-state index in [4.69, 9.17) is 0 Å². The van der Waals surface area contributed by atoms with Gasteiger partial charge in [-0.3, -0.25) is 9.69 Å². The van der Waals surface area contributed by atoms with E-state index in [0.717, 1.165) is 6.54 Å². The van der Waals surface area contributed by atoms with E-state index in [0.29, 0.717) is 0 Å². The molecule has 94 valence electrons. The minimum Gasteiger partial charge on any atom is -0.298 e. The zero-order valence-corrected chi connectivity index (χ0v) is 11.0. The summed E-state index contributed by atoms with van der Waals surface area (Å²) in [6, 6.07) is 6.12. The third kappa shape index (κ3) is 4.65. The van der Waals surface area contributed by atoms with Crippen molar-refractivity contribution in [2.24, 2.45) is 5.41 Å². The first-order chi connectivity index (χ1) is 7.79. The summed E-state index contributed by atoms with van der Waals surface area (Å²) < 4.78 is 13.4. The number of carbonyl (C=O) groups excluding carboxylic acids is 1. The first-order valence-corrected chi connectivity index (χ1v) is 5.76. The summed E-state index contributed by atoms with van der Waals surface area (Å²) in [7, 11) is 1.88. The van der Waals surface area contributed by atoms with Crippen molar-refractivity contribution in [3.8, 4) is 0 Å². The largest absolute Gasteiger partial charge is 0.298 e. The van der Waals surface area contributed by atoms with Crippen LogP contribution in [0.2, 0.25) is 0 Å². The molecule has 2 nitrogen and oxygen atoms in total. The topological polar surface area (TPSA) is 20.3 Å². The van der Waals surface area contributed by atoms with Crippen molar-refractivity contribution >= 4 is 5.78 Å². The molecule has 17 heavy (non-hydrogen) atoms. The maximum absolute atomic E-state index is 13.4. The average molecular weight is 237 g/mol. The third-order valence-electron chi connectivity index (χ3n) is 2.33. The van der Waals surface area contributed by atoms with Gasteiger partial charge in [0.15, 0.2) is 5.78 Å². The Morgan fingerprint density at radius 2 is 1.88 bits per heavy atom. The van der Waals surface area contributed by atoms with Crippen LogP contribution in [0.15, 0.2) is 24.3 Å². The molecule has 0 heterocycles. The van der Waals surface area contributed by atoms with Gasteiger partial charge in [0, 0.05) is 6.54 Å². The number of likely N-dealkylation sites (N-methyl/N-ethyl adjacent to an activating group) is 1. The van der Waals surface area contributed by atoms with Crippen LogP contribution in [-0.4, -0.2) is 30.8 Å². The second-order valence-corrected chi connectivity index (χ2v) is 5.64. The van der Waals surface area contributed by atoms with Gasteiger partial charge >= 0.3 is 0 Å². The predicted octanol–water partition coefficient (Wildman–Crippen LogP) is 2.99. The van der Waals surface area contributed by atoms with Crippen LogP contribution in [0.5, 0.6) is 0 Å². The van der Waals surface area contributed by atoms with Crippen molar-refractivity contribution in [1.29, 1.82) is 0 Å². The monoisotopic (exact) mass is 237 g/mol. The van der Waals surface area contributed by atoms with E-state index < -0.39 is 5.82 Å². The average Bonchev–Trinajstić information content (AvgIpc) is 2.14. The quantitative estimate of drug-likeness (QED) is 0.750. The van der Waals surface area contributed by atoms with E-state index >= 15 is 0 Å². The Kier molecular flexibility index (Phi) is 4.40. The fraction of sp³-hybridized carbons (Fsp3) is 0.500. The molecule has 1 rings (SSSR count). The van der Waals surface area contributed by atoms with Gasteiger partial charge in [-0.2, -0.15) is 0 Å². The highest BCUT2D eigenvalue weighted by Crippen LogP contribution is 2.15. The highest BCUT2D eigenvalue weighted by atomic mass is 19.1. The fourth-order valence-corrected chi connectivity index (χ4v) is 1.88. The second-order valence-electron chi connectivity index (χ2n) is 5.64. The zero-order chi connectivity index (χ0) is 13.1. The Labute approximate surface area is 102 Å². The van der Waals surface area contributed by atoms with E-state index in [-0.39, 0.29) is 23.3 Å². The van der Waals surface area contributed by atoms with E-state index in [1.165, 1.54) is 12.1 Å². The molecule has 0 aliphatic carbocycles. The van der Waals surface area contributed by atoms with Crippen LogP contribution in [0.1, 0.15) is 31.1 Å². The Bertz CT molecular complexity index is 395. The van der Waals surface area contributed by atoms with Crippen molar-refractivity contribution in [1.82, 2.24) is 4.90 Å². The molecule has 0 unspecified atom stereocenters. The molecule has 1 aromatic carbocycles. The maximum Gasteiger partial charge on any atom is 0.179 e. The highest BCUT2D eigenvalue weighted by molar-refractivity contribution is 5.97. The number of Topliss-reactive ketones (excluding diaryl/α,β-unsaturated/α-hetero) is 1. The van der Waals surface area contributed by atoms with Gasteiger partial charge in [0.1, 0.15) is 5.82 Å². The van der Waals surface area contributed by atoms with Gasteiger partial charge in [0.2, 0.25) is 0 Å². The maximum atomic E-state index is 13.4. The van der Waals surface area contributed by atoms with Crippen molar-refractivity contribution in [3.05, 3.63) is 35.6 Å². The number of benzene rings is 1. The fourth-order valence-electron chi connectivity index (χ4n) is 1.88. The van der Waals surface area contributed by atoms with Gasteiger partial charge in [-0.1, -0.05) is 32.9 Å². The van der Waals surface area contributed by atoms with Gasteiger partial charge in [-0.25, -0.2) is 4.39 Å². The van der Waals surface area contributed by atoms with Crippen LogP contribution < -0.4 is 0 Å². The lowest BCUT2D eigenvalue weighted by Gasteiger charge is -2.25. The van der Waals surface area contributed by atoms with Crippen molar-refractivity contribution in [3.63, 3.8) is 0 Å². The molecule has 3 heteroatoms. The lowest BCUT2D eigenvalue weighted by atomic mass is 9.96. The smallest absolute Gasteiger partial charge is 0.179 e. The Morgan fingerprint density at radius 1 is 1.29 bits per heavy atom. The summed E-state index contributed by atoms with van der Waals surface area (Å²) >= 11 is 0. The van der Waals surface area contributed by atoms with Crippen LogP contribution in [0.25, 0.3) is 0 Å². The summed E-state index contributed by atoms with van der Waals surface area (Å²) in [6.45, 7) is 7.37. The summed E-state index contributed by atoms with van der Waals surface area (Å²) in [5, 5.41) is 0. The third-order valence-corrected chi connectivity index (χ3v) is 2.33. The van der Waals surface area contributed by atoms with Crippen LogP contribution in [-0.2, 0) is 0 Å². The molecule has 0 amide bonds.